The van der Waals surface area contributed by atoms with Gasteiger partial charge in [-0.2, -0.15) is 0 Å². The Morgan fingerprint density at radius 1 is 1.17 bits per heavy atom. The van der Waals surface area contributed by atoms with Gasteiger partial charge in [0.1, 0.15) is 38.5 Å². The number of benzene rings is 1. The Kier molecular flexibility index (Phi) is 6.86. The largest absolute Gasteiger partial charge is 0.497 e. The first kappa shape index (κ1) is 17.8. The maximum atomic E-state index is 12.0. The van der Waals surface area contributed by atoms with Crippen LogP contribution in [-0.2, 0) is 11.3 Å². The maximum Gasteiger partial charge on any atom is 0.275 e. The molecule has 0 aliphatic carbocycles. The van der Waals surface area contributed by atoms with Crippen molar-refractivity contribution in [3.63, 3.8) is 0 Å². The van der Waals surface area contributed by atoms with Gasteiger partial charge in [-0.15, -0.1) is 0 Å². The fourth-order valence-corrected chi connectivity index (χ4v) is 3.00. The normalized spacial score (nSPS) is 22.4. The number of nitrogens with one attached hydrogen (secondary N) is 3. The molecule has 1 aromatic carbocycles. The first-order chi connectivity index (χ1) is 11.1. The zero-order chi connectivity index (χ0) is 16.7. The monoisotopic (exact) mass is 321 g/mol. The minimum Gasteiger partial charge on any atom is -0.497 e. The summed E-state index contributed by atoms with van der Waals surface area (Å²) >= 11 is 0. The molecule has 1 aromatic rings. The SMILES string of the molecule is CC[C@H](C)NC(=O)C[NH+]1CC[NH+](Cc2ccc(OC)cc2)CC1. The van der Waals surface area contributed by atoms with E-state index in [1.54, 1.807) is 12.0 Å². The second-order valence-corrected chi connectivity index (χ2v) is 6.58. The van der Waals surface area contributed by atoms with Crippen LogP contribution >= 0.6 is 0 Å². The standard InChI is InChI=1S/C18H29N3O2/c1-4-15(2)19-18(22)14-21-11-9-20(10-12-21)13-16-5-7-17(23-3)8-6-16/h5-8,15H,4,9-14H2,1-3H3,(H,19,22)/p+2/t15-/m0/s1. The molecule has 128 valence electrons. The number of hydrogen-bond donors (Lipinski definition) is 3. The van der Waals surface area contributed by atoms with Crippen molar-refractivity contribution in [3.05, 3.63) is 29.8 Å². The fraction of sp³-hybridized carbons (Fsp3) is 0.611. The van der Waals surface area contributed by atoms with Crippen molar-refractivity contribution in [1.29, 1.82) is 0 Å². The Morgan fingerprint density at radius 2 is 1.78 bits per heavy atom. The van der Waals surface area contributed by atoms with Crippen LogP contribution in [-0.4, -0.2) is 51.8 Å². The van der Waals surface area contributed by atoms with Crippen LogP contribution in [0.1, 0.15) is 25.8 Å². The predicted molar refractivity (Wildman–Crippen MR) is 90.9 cm³/mol. The molecule has 0 spiro atoms. The molecule has 1 heterocycles. The van der Waals surface area contributed by atoms with Crippen molar-refractivity contribution < 1.29 is 19.3 Å². The molecule has 0 saturated carbocycles. The second-order valence-electron chi connectivity index (χ2n) is 6.58. The Labute approximate surface area is 139 Å². The third-order valence-corrected chi connectivity index (χ3v) is 4.71. The molecule has 1 atom stereocenters. The molecule has 1 aliphatic heterocycles. The van der Waals surface area contributed by atoms with Crippen molar-refractivity contribution in [2.24, 2.45) is 0 Å². The molecule has 0 aromatic heterocycles. The van der Waals surface area contributed by atoms with Crippen molar-refractivity contribution in [2.75, 3.05) is 39.8 Å². The number of quaternary nitrogens is 2. The van der Waals surface area contributed by atoms with Crippen LogP contribution in [0.15, 0.2) is 24.3 Å². The van der Waals surface area contributed by atoms with E-state index in [-0.39, 0.29) is 11.9 Å². The summed E-state index contributed by atoms with van der Waals surface area (Å²) in [7, 11) is 1.69. The van der Waals surface area contributed by atoms with Gasteiger partial charge in [0.05, 0.1) is 7.11 Å². The van der Waals surface area contributed by atoms with Gasteiger partial charge in [-0.1, -0.05) is 6.92 Å². The third-order valence-electron chi connectivity index (χ3n) is 4.71. The van der Waals surface area contributed by atoms with Crippen LogP contribution in [0.3, 0.4) is 0 Å². The molecule has 1 aliphatic rings. The fourth-order valence-electron chi connectivity index (χ4n) is 3.00. The lowest BCUT2D eigenvalue weighted by atomic mass is 10.2. The highest BCUT2D eigenvalue weighted by Crippen LogP contribution is 2.10. The summed E-state index contributed by atoms with van der Waals surface area (Å²) in [5, 5.41) is 3.06. The van der Waals surface area contributed by atoms with Crippen molar-refractivity contribution in [2.45, 2.75) is 32.9 Å². The number of ether oxygens (including phenoxy) is 1. The van der Waals surface area contributed by atoms with Crippen molar-refractivity contribution in [3.8, 4) is 5.75 Å². The maximum absolute atomic E-state index is 12.0. The molecule has 5 nitrogen and oxygen atoms in total. The molecule has 1 amide bonds. The molecular weight excluding hydrogens is 290 g/mol. The summed E-state index contributed by atoms with van der Waals surface area (Å²) in [4.78, 5) is 15.0. The number of rotatable bonds is 7. The second kappa shape index (κ2) is 8.89. The molecular formula is C18H31N3O2+2. The highest BCUT2D eigenvalue weighted by molar-refractivity contribution is 5.77. The van der Waals surface area contributed by atoms with Gasteiger partial charge >= 0.3 is 0 Å². The lowest BCUT2D eigenvalue weighted by Crippen LogP contribution is -3.28. The third kappa shape index (κ3) is 5.84. The predicted octanol–water partition coefficient (Wildman–Crippen LogP) is -1.11. The van der Waals surface area contributed by atoms with E-state index in [0.717, 1.165) is 44.9 Å². The van der Waals surface area contributed by atoms with Gasteiger partial charge in [-0.05, 0) is 37.6 Å². The highest BCUT2D eigenvalue weighted by atomic mass is 16.5. The van der Waals surface area contributed by atoms with E-state index in [1.807, 2.05) is 12.1 Å². The summed E-state index contributed by atoms with van der Waals surface area (Å²) in [6, 6.07) is 8.62. The van der Waals surface area contributed by atoms with E-state index in [9.17, 15) is 4.79 Å². The average molecular weight is 321 g/mol. The lowest BCUT2D eigenvalue weighted by Gasteiger charge is -2.29. The van der Waals surface area contributed by atoms with Crippen LogP contribution < -0.4 is 19.9 Å². The van der Waals surface area contributed by atoms with Crippen LogP contribution in [0.4, 0.5) is 0 Å². The summed E-state index contributed by atoms with van der Waals surface area (Å²) in [6.45, 7) is 10.2. The summed E-state index contributed by atoms with van der Waals surface area (Å²) < 4.78 is 5.20. The Balaban J connectivity index is 1.72. The van der Waals surface area contributed by atoms with Gasteiger partial charge in [-0.25, -0.2) is 0 Å². The molecule has 5 heteroatoms. The number of piperazine rings is 1. The minimum absolute atomic E-state index is 0.188. The zero-order valence-electron chi connectivity index (χ0n) is 14.7. The number of amides is 1. The smallest absolute Gasteiger partial charge is 0.275 e. The minimum atomic E-state index is 0.188. The first-order valence-corrected chi connectivity index (χ1v) is 8.70. The highest BCUT2D eigenvalue weighted by Gasteiger charge is 2.25. The van der Waals surface area contributed by atoms with E-state index in [1.165, 1.54) is 10.5 Å². The van der Waals surface area contributed by atoms with Gasteiger partial charge in [0.2, 0.25) is 0 Å². The summed E-state index contributed by atoms with van der Waals surface area (Å²) in [5.41, 5.74) is 1.35. The topological polar surface area (TPSA) is 47.2 Å². The van der Waals surface area contributed by atoms with Gasteiger partial charge < -0.3 is 19.9 Å². The van der Waals surface area contributed by atoms with Crippen LogP contribution in [0.25, 0.3) is 0 Å². The first-order valence-electron chi connectivity index (χ1n) is 8.70. The molecule has 2 rings (SSSR count). The average Bonchev–Trinajstić information content (AvgIpc) is 2.57. The quantitative estimate of drug-likeness (QED) is 0.597. The van der Waals surface area contributed by atoms with Crippen LogP contribution in [0.2, 0.25) is 0 Å². The van der Waals surface area contributed by atoms with Crippen molar-refractivity contribution in [1.82, 2.24) is 5.32 Å². The molecule has 3 N–H and O–H groups in total. The molecule has 0 radical (unpaired) electrons. The van der Waals surface area contributed by atoms with Gasteiger partial charge in [0.25, 0.3) is 5.91 Å². The Morgan fingerprint density at radius 3 is 2.35 bits per heavy atom. The summed E-state index contributed by atoms with van der Waals surface area (Å²) in [5.74, 6) is 1.10. The molecule has 23 heavy (non-hydrogen) atoms. The van der Waals surface area contributed by atoms with Gasteiger partial charge in [-0.3, -0.25) is 4.79 Å². The zero-order valence-corrected chi connectivity index (χ0v) is 14.7. The van der Waals surface area contributed by atoms with E-state index in [4.69, 9.17) is 4.74 Å². The van der Waals surface area contributed by atoms with E-state index in [0.29, 0.717) is 6.54 Å². The number of carbonyl (C=O) groups is 1. The Hall–Kier alpha value is -1.59. The number of carbonyl (C=O) groups excluding carboxylic acids is 1. The van der Waals surface area contributed by atoms with Gasteiger partial charge in [0, 0.05) is 11.6 Å². The molecule has 1 fully saturated rings. The van der Waals surface area contributed by atoms with E-state index >= 15 is 0 Å². The van der Waals surface area contributed by atoms with Crippen LogP contribution in [0.5, 0.6) is 5.75 Å². The number of hydrogen-bond acceptors (Lipinski definition) is 2. The lowest BCUT2D eigenvalue weighted by molar-refractivity contribution is -1.02. The molecule has 1 saturated heterocycles. The Bertz CT molecular complexity index is 482. The van der Waals surface area contributed by atoms with Crippen molar-refractivity contribution >= 4 is 5.91 Å². The van der Waals surface area contributed by atoms with Crippen LogP contribution in [0, 0.1) is 0 Å². The number of methoxy groups -OCH3 is 1. The molecule has 0 unspecified atom stereocenters. The molecule has 0 bridgehead atoms. The summed E-state index contributed by atoms with van der Waals surface area (Å²) in [6.07, 6.45) is 0.987. The van der Waals surface area contributed by atoms with E-state index < -0.39 is 0 Å². The van der Waals surface area contributed by atoms with E-state index in [2.05, 4.69) is 31.3 Å². The van der Waals surface area contributed by atoms with Gasteiger partial charge in [0.15, 0.2) is 6.54 Å².